The zero-order chi connectivity index (χ0) is 24.9. The third kappa shape index (κ3) is 5.46. The van der Waals surface area contributed by atoms with Gasteiger partial charge in [-0.25, -0.2) is 5.01 Å². The summed E-state index contributed by atoms with van der Waals surface area (Å²) in [5, 5.41) is 6.76. The van der Waals surface area contributed by atoms with Crippen LogP contribution in [0.2, 0.25) is 5.02 Å². The summed E-state index contributed by atoms with van der Waals surface area (Å²) < 4.78 is 10.5. The van der Waals surface area contributed by atoms with Crippen molar-refractivity contribution in [2.24, 2.45) is 5.10 Å². The molecular formula is C27H26ClN3O4. The molecule has 7 nitrogen and oxygen atoms in total. The Morgan fingerprint density at radius 1 is 1.00 bits per heavy atom. The number of halogens is 1. The van der Waals surface area contributed by atoms with Gasteiger partial charge in [0, 0.05) is 29.6 Å². The molecule has 0 bridgehead atoms. The predicted molar refractivity (Wildman–Crippen MR) is 135 cm³/mol. The van der Waals surface area contributed by atoms with E-state index in [9.17, 15) is 9.59 Å². The molecule has 4 rings (SSSR count). The van der Waals surface area contributed by atoms with Crippen molar-refractivity contribution >= 4 is 29.1 Å². The number of methoxy groups -OCH3 is 2. The third-order valence-corrected chi connectivity index (χ3v) is 6.13. The van der Waals surface area contributed by atoms with E-state index in [0.717, 1.165) is 16.8 Å². The first-order chi connectivity index (χ1) is 16.9. The van der Waals surface area contributed by atoms with Crippen LogP contribution in [0.1, 0.15) is 33.9 Å². The van der Waals surface area contributed by atoms with Gasteiger partial charge in [0.2, 0.25) is 0 Å². The second-order valence-corrected chi connectivity index (χ2v) is 8.61. The molecule has 3 aromatic rings. The van der Waals surface area contributed by atoms with E-state index in [-0.39, 0.29) is 24.4 Å². The lowest BCUT2D eigenvalue weighted by Gasteiger charge is -2.25. The zero-order valence-electron chi connectivity index (χ0n) is 19.8. The fraction of sp³-hybridized carbons (Fsp3) is 0.222. The van der Waals surface area contributed by atoms with Gasteiger partial charge in [-0.05, 0) is 54.1 Å². The zero-order valence-corrected chi connectivity index (χ0v) is 20.5. The lowest BCUT2D eigenvalue weighted by atomic mass is 9.98. The van der Waals surface area contributed by atoms with Crippen LogP contribution in [-0.4, -0.2) is 55.2 Å². The second-order valence-electron chi connectivity index (χ2n) is 8.18. The summed E-state index contributed by atoms with van der Waals surface area (Å²) >= 11 is 6.08. The summed E-state index contributed by atoms with van der Waals surface area (Å²) in [6, 6.07) is 21.4. The van der Waals surface area contributed by atoms with Gasteiger partial charge in [-0.1, -0.05) is 35.9 Å². The van der Waals surface area contributed by atoms with Gasteiger partial charge >= 0.3 is 0 Å². The Hall–Kier alpha value is -3.84. The fourth-order valence-electron chi connectivity index (χ4n) is 3.96. The maximum Gasteiger partial charge on any atom is 0.262 e. The quantitative estimate of drug-likeness (QED) is 0.475. The van der Waals surface area contributed by atoms with Crippen molar-refractivity contribution in [1.82, 2.24) is 9.91 Å². The Balaban J connectivity index is 1.58. The Morgan fingerprint density at radius 2 is 1.69 bits per heavy atom. The number of likely N-dealkylation sites (N-methyl/N-ethyl adjacent to an activating group) is 1. The molecule has 0 aromatic heterocycles. The number of hydrazone groups is 1. The number of benzene rings is 3. The number of nitrogens with zero attached hydrogens (tertiary/aromatic N) is 3. The molecule has 0 saturated heterocycles. The van der Waals surface area contributed by atoms with Gasteiger partial charge in [0.05, 0.1) is 26.0 Å². The van der Waals surface area contributed by atoms with E-state index in [1.165, 1.54) is 9.91 Å². The minimum atomic E-state index is -0.314. The van der Waals surface area contributed by atoms with Gasteiger partial charge in [-0.15, -0.1) is 0 Å². The first-order valence-corrected chi connectivity index (χ1v) is 11.5. The van der Waals surface area contributed by atoms with Crippen LogP contribution in [0.25, 0.3) is 0 Å². The van der Waals surface area contributed by atoms with Crippen molar-refractivity contribution < 1.29 is 19.1 Å². The number of carbonyl (C=O) groups excluding carboxylic acids is 2. The molecule has 0 fully saturated rings. The topological polar surface area (TPSA) is 71.4 Å². The first-order valence-electron chi connectivity index (χ1n) is 11.1. The SMILES string of the molecule is COc1ccc(C(=O)N(C)CC(=O)N2N=C(c3cccc(OC)c3)C[C@H]2c2ccc(Cl)cc2)cc1. The van der Waals surface area contributed by atoms with Crippen LogP contribution in [0.15, 0.2) is 77.9 Å². The Bertz CT molecular complexity index is 1240. The average Bonchev–Trinajstić information content (AvgIpc) is 3.34. The molecule has 1 atom stereocenters. The smallest absolute Gasteiger partial charge is 0.262 e. The highest BCUT2D eigenvalue weighted by Gasteiger charge is 2.34. The van der Waals surface area contributed by atoms with Gasteiger partial charge in [-0.3, -0.25) is 9.59 Å². The standard InChI is InChI=1S/C27H26ClN3O4/c1-30(27(33)19-9-13-22(34-2)14-10-19)17-26(32)31-25(18-7-11-21(28)12-8-18)16-24(29-31)20-5-4-6-23(15-20)35-3/h4-15,25H,16-17H2,1-3H3/t25-/m0/s1. The third-order valence-electron chi connectivity index (χ3n) is 5.88. The van der Waals surface area contributed by atoms with Crippen molar-refractivity contribution in [2.75, 3.05) is 27.8 Å². The highest BCUT2D eigenvalue weighted by Crippen LogP contribution is 2.34. The predicted octanol–water partition coefficient (Wildman–Crippen LogP) is 4.81. The van der Waals surface area contributed by atoms with Gasteiger partial charge < -0.3 is 14.4 Å². The lowest BCUT2D eigenvalue weighted by Crippen LogP contribution is -2.39. The normalized spacial score (nSPS) is 14.9. The molecule has 1 aliphatic heterocycles. The Kier molecular flexibility index (Phi) is 7.36. The molecule has 0 unspecified atom stereocenters. The molecule has 180 valence electrons. The maximum atomic E-state index is 13.4. The van der Waals surface area contributed by atoms with E-state index in [0.29, 0.717) is 28.5 Å². The van der Waals surface area contributed by atoms with E-state index < -0.39 is 0 Å². The summed E-state index contributed by atoms with van der Waals surface area (Å²) in [5.41, 5.74) is 3.02. The van der Waals surface area contributed by atoms with Crippen molar-refractivity contribution in [2.45, 2.75) is 12.5 Å². The monoisotopic (exact) mass is 491 g/mol. The van der Waals surface area contributed by atoms with Crippen LogP contribution in [0.5, 0.6) is 11.5 Å². The van der Waals surface area contributed by atoms with Crippen molar-refractivity contribution in [3.63, 3.8) is 0 Å². The van der Waals surface area contributed by atoms with E-state index in [1.54, 1.807) is 57.7 Å². The summed E-state index contributed by atoms with van der Waals surface area (Å²) in [4.78, 5) is 27.7. The maximum absolute atomic E-state index is 13.4. The van der Waals surface area contributed by atoms with E-state index in [4.69, 9.17) is 21.1 Å². The molecule has 0 aliphatic carbocycles. The van der Waals surface area contributed by atoms with Crippen LogP contribution in [-0.2, 0) is 4.79 Å². The molecule has 0 radical (unpaired) electrons. The van der Waals surface area contributed by atoms with Crippen LogP contribution in [0, 0.1) is 0 Å². The summed E-state index contributed by atoms with van der Waals surface area (Å²) in [6.45, 7) is -0.121. The van der Waals surface area contributed by atoms with Crippen molar-refractivity contribution in [1.29, 1.82) is 0 Å². The highest BCUT2D eigenvalue weighted by molar-refractivity contribution is 6.30. The Morgan fingerprint density at radius 3 is 2.34 bits per heavy atom. The lowest BCUT2D eigenvalue weighted by molar-refractivity contribution is -0.133. The largest absolute Gasteiger partial charge is 0.497 e. The van der Waals surface area contributed by atoms with Gasteiger partial charge in [0.1, 0.15) is 18.0 Å². The minimum absolute atomic E-state index is 0.121. The minimum Gasteiger partial charge on any atom is -0.497 e. The molecule has 1 heterocycles. The van der Waals surface area contributed by atoms with Gasteiger partial charge in [-0.2, -0.15) is 5.10 Å². The molecule has 3 aromatic carbocycles. The fourth-order valence-corrected chi connectivity index (χ4v) is 4.09. The number of ether oxygens (including phenoxy) is 2. The molecule has 0 spiro atoms. The van der Waals surface area contributed by atoms with Crippen LogP contribution >= 0.6 is 11.6 Å². The van der Waals surface area contributed by atoms with E-state index >= 15 is 0 Å². The van der Waals surface area contributed by atoms with Crippen LogP contribution in [0.4, 0.5) is 0 Å². The molecule has 1 aliphatic rings. The number of rotatable bonds is 7. The number of carbonyl (C=O) groups is 2. The summed E-state index contributed by atoms with van der Waals surface area (Å²) in [7, 11) is 4.77. The first kappa shape index (κ1) is 24.3. The van der Waals surface area contributed by atoms with Crippen molar-refractivity contribution in [3.8, 4) is 11.5 Å². The van der Waals surface area contributed by atoms with E-state index in [2.05, 4.69) is 5.10 Å². The number of amides is 2. The van der Waals surface area contributed by atoms with Gasteiger partial charge in [0.15, 0.2) is 0 Å². The second kappa shape index (κ2) is 10.6. The average molecular weight is 492 g/mol. The number of hydrogen-bond donors (Lipinski definition) is 0. The Labute approximate surface area is 209 Å². The molecule has 35 heavy (non-hydrogen) atoms. The molecule has 8 heteroatoms. The molecule has 2 amide bonds. The van der Waals surface area contributed by atoms with Crippen molar-refractivity contribution in [3.05, 3.63) is 94.5 Å². The van der Waals surface area contributed by atoms with Gasteiger partial charge in [0.25, 0.3) is 11.8 Å². The summed E-state index contributed by atoms with van der Waals surface area (Å²) in [5.74, 6) is 0.817. The van der Waals surface area contributed by atoms with Crippen LogP contribution < -0.4 is 9.47 Å². The molecular weight excluding hydrogens is 466 g/mol. The van der Waals surface area contributed by atoms with Crippen LogP contribution in [0.3, 0.4) is 0 Å². The number of hydrogen-bond acceptors (Lipinski definition) is 5. The molecule has 0 N–H and O–H groups in total. The molecule has 0 saturated carbocycles. The highest BCUT2D eigenvalue weighted by atomic mass is 35.5. The van der Waals surface area contributed by atoms with E-state index in [1.807, 2.05) is 36.4 Å². The summed E-state index contributed by atoms with van der Waals surface area (Å²) in [6.07, 6.45) is 0.524.